The number of hydrogen-bond acceptors (Lipinski definition) is 6. The molecule has 1 aliphatic rings. The number of pyridine rings is 1. The summed E-state index contributed by atoms with van der Waals surface area (Å²) in [5.74, 6) is 1.98. The van der Waals surface area contributed by atoms with Crippen LogP contribution in [-0.2, 0) is 13.0 Å². The van der Waals surface area contributed by atoms with Crippen molar-refractivity contribution in [2.24, 2.45) is 0 Å². The highest BCUT2D eigenvalue weighted by molar-refractivity contribution is 6.30. The molecule has 0 atom stereocenters. The molecule has 178 valence electrons. The maximum atomic E-state index is 6.24. The minimum atomic E-state index is 0.738. The summed E-state index contributed by atoms with van der Waals surface area (Å²) < 4.78 is 7.54. The largest absolute Gasteiger partial charge is 0.496 e. The number of aryl methyl sites for hydroxylation is 3. The summed E-state index contributed by atoms with van der Waals surface area (Å²) in [5.41, 5.74) is 6.06. The smallest absolute Gasteiger partial charge is 0.184 e. The molecule has 1 fully saturated rings. The molecule has 1 saturated heterocycles. The van der Waals surface area contributed by atoms with Crippen molar-refractivity contribution in [2.45, 2.75) is 40.2 Å². The number of anilines is 1. The van der Waals surface area contributed by atoms with Crippen LogP contribution in [0.4, 0.5) is 5.82 Å². The Morgan fingerprint density at radius 1 is 1.03 bits per heavy atom. The summed E-state index contributed by atoms with van der Waals surface area (Å²) in [6.45, 7) is 10.9. The molecule has 0 N–H and O–H groups in total. The lowest BCUT2D eigenvalue weighted by Crippen LogP contribution is -2.46. The molecule has 0 bridgehead atoms. The van der Waals surface area contributed by atoms with E-state index in [2.05, 4.69) is 35.8 Å². The molecule has 1 aromatic carbocycles. The molecular weight excluding hydrogens is 448 g/mol. The molecule has 0 aliphatic carbocycles. The first-order valence-corrected chi connectivity index (χ1v) is 12.3. The highest BCUT2D eigenvalue weighted by Gasteiger charge is 2.23. The Kier molecular flexibility index (Phi) is 6.32. The van der Waals surface area contributed by atoms with Crippen LogP contribution in [0.1, 0.15) is 35.9 Å². The van der Waals surface area contributed by atoms with E-state index in [-0.39, 0.29) is 0 Å². The fraction of sp³-hybridized carbons (Fsp3) is 0.423. The minimum absolute atomic E-state index is 0.738. The summed E-state index contributed by atoms with van der Waals surface area (Å²) in [7, 11) is 1.71. The number of piperazine rings is 1. The van der Waals surface area contributed by atoms with E-state index in [0.29, 0.717) is 0 Å². The zero-order chi connectivity index (χ0) is 23.8. The van der Waals surface area contributed by atoms with Gasteiger partial charge in [0.15, 0.2) is 11.3 Å². The number of methoxy groups -OCH3 is 1. The molecule has 7 nitrogen and oxygen atoms in total. The maximum absolute atomic E-state index is 6.24. The standard InChI is InChI=1S/C26H31ClN6O/c1-5-6-21-15-23(33-26(29-21)24-17(2)13-18(3)28-25(24)30-33)32-11-9-31(10-12-32)16-19-14-20(27)7-8-22(19)34-4/h7-8,13-15H,5-6,9-12,16H2,1-4H3. The molecule has 4 aromatic rings. The predicted molar refractivity (Wildman–Crippen MR) is 137 cm³/mol. The number of aromatic nitrogens is 4. The van der Waals surface area contributed by atoms with Gasteiger partial charge < -0.3 is 9.64 Å². The molecular formula is C26H31ClN6O. The molecule has 0 saturated carbocycles. The average molecular weight is 479 g/mol. The van der Waals surface area contributed by atoms with Crippen LogP contribution < -0.4 is 9.64 Å². The van der Waals surface area contributed by atoms with Crippen LogP contribution in [0.15, 0.2) is 30.3 Å². The van der Waals surface area contributed by atoms with Gasteiger partial charge in [-0.3, -0.25) is 4.90 Å². The Morgan fingerprint density at radius 3 is 2.56 bits per heavy atom. The van der Waals surface area contributed by atoms with Crippen molar-refractivity contribution in [3.63, 3.8) is 0 Å². The molecule has 0 unspecified atom stereocenters. The van der Waals surface area contributed by atoms with E-state index in [1.54, 1.807) is 7.11 Å². The van der Waals surface area contributed by atoms with Crippen molar-refractivity contribution in [3.05, 3.63) is 57.9 Å². The molecule has 34 heavy (non-hydrogen) atoms. The molecule has 8 heteroatoms. The Bertz CT molecular complexity index is 1340. The van der Waals surface area contributed by atoms with Gasteiger partial charge in [0.2, 0.25) is 0 Å². The van der Waals surface area contributed by atoms with Gasteiger partial charge in [-0.25, -0.2) is 9.97 Å². The second-order valence-electron chi connectivity index (χ2n) is 9.09. The molecule has 5 rings (SSSR count). The van der Waals surface area contributed by atoms with Gasteiger partial charge in [-0.1, -0.05) is 24.9 Å². The third-order valence-corrected chi connectivity index (χ3v) is 6.78. The van der Waals surface area contributed by atoms with Crippen molar-refractivity contribution in [1.82, 2.24) is 24.5 Å². The zero-order valence-corrected chi connectivity index (χ0v) is 21.1. The molecule has 4 heterocycles. The monoisotopic (exact) mass is 478 g/mol. The van der Waals surface area contributed by atoms with E-state index < -0.39 is 0 Å². The number of rotatable bonds is 6. The first-order chi connectivity index (χ1) is 16.5. The van der Waals surface area contributed by atoms with E-state index in [1.807, 2.05) is 29.6 Å². The van der Waals surface area contributed by atoms with Crippen LogP contribution in [0.25, 0.3) is 16.7 Å². The fourth-order valence-electron chi connectivity index (χ4n) is 4.91. The Morgan fingerprint density at radius 2 is 1.82 bits per heavy atom. The number of fused-ring (bicyclic) bond motifs is 3. The van der Waals surface area contributed by atoms with Gasteiger partial charge >= 0.3 is 0 Å². The first-order valence-electron chi connectivity index (χ1n) is 11.9. The van der Waals surface area contributed by atoms with E-state index in [1.165, 1.54) is 5.56 Å². The topological polar surface area (TPSA) is 58.8 Å². The van der Waals surface area contributed by atoms with Gasteiger partial charge in [-0.05, 0) is 50.1 Å². The highest BCUT2D eigenvalue weighted by Crippen LogP contribution is 2.28. The van der Waals surface area contributed by atoms with Gasteiger partial charge in [0, 0.05) is 60.8 Å². The average Bonchev–Trinajstić information content (AvgIpc) is 3.18. The van der Waals surface area contributed by atoms with E-state index in [4.69, 9.17) is 31.4 Å². The van der Waals surface area contributed by atoms with Crippen LogP contribution >= 0.6 is 11.6 Å². The highest BCUT2D eigenvalue weighted by atomic mass is 35.5. The molecule has 0 spiro atoms. The van der Waals surface area contributed by atoms with Gasteiger partial charge in [0.1, 0.15) is 11.6 Å². The number of hydrogen-bond donors (Lipinski definition) is 0. The van der Waals surface area contributed by atoms with Gasteiger partial charge in [0.05, 0.1) is 12.5 Å². The van der Waals surface area contributed by atoms with E-state index >= 15 is 0 Å². The molecule has 3 aromatic heterocycles. The Balaban J connectivity index is 1.45. The second kappa shape index (κ2) is 9.39. The Hall–Kier alpha value is -2.90. The molecule has 0 radical (unpaired) electrons. The summed E-state index contributed by atoms with van der Waals surface area (Å²) in [4.78, 5) is 14.6. The molecule has 0 amide bonds. The van der Waals surface area contributed by atoms with Crippen LogP contribution in [0.3, 0.4) is 0 Å². The van der Waals surface area contributed by atoms with E-state index in [0.717, 1.165) is 95.8 Å². The lowest BCUT2D eigenvalue weighted by molar-refractivity contribution is 0.245. The van der Waals surface area contributed by atoms with Crippen molar-refractivity contribution in [3.8, 4) is 5.75 Å². The second-order valence-corrected chi connectivity index (χ2v) is 9.53. The van der Waals surface area contributed by atoms with Crippen LogP contribution in [0.2, 0.25) is 5.02 Å². The summed E-state index contributed by atoms with van der Waals surface area (Å²) >= 11 is 6.24. The lowest BCUT2D eigenvalue weighted by atomic mass is 10.1. The summed E-state index contributed by atoms with van der Waals surface area (Å²) in [5, 5.41) is 6.68. The third kappa shape index (κ3) is 4.30. The van der Waals surface area contributed by atoms with Crippen molar-refractivity contribution in [1.29, 1.82) is 0 Å². The SMILES string of the molecule is CCCc1cc(N2CCN(Cc3cc(Cl)ccc3OC)CC2)n2nc3nc(C)cc(C)c3c2n1. The van der Waals surface area contributed by atoms with Gasteiger partial charge in [-0.15, -0.1) is 5.10 Å². The van der Waals surface area contributed by atoms with Crippen LogP contribution in [-0.4, -0.2) is 57.8 Å². The maximum Gasteiger partial charge on any atom is 0.184 e. The number of nitrogens with zero attached hydrogens (tertiary/aromatic N) is 6. The third-order valence-electron chi connectivity index (χ3n) is 6.55. The van der Waals surface area contributed by atoms with Crippen LogP contribution in [0, 0.1) is 13.8 Å². The molecule has 1 aliphatic heterocycles. The summed E-state index contributed by atoms with van der Waals surface area (Å²) in [6.07, 6.45) is 2.00. The summed E-state index contributed by atoms with van der Waals surface area (Å²) in [6, 6.07) is 10.1. The van der Waals surface area contributed by atoms with E-state index in [9.17, 15) is 0 Å². The number of benzene rings is 1. The number of halogens is 1. The van der Waals surface area contributed by atoms with Gasteiger partial charge in [-0.2, -0.15) is 4.52 Å². The van der Waals surface area contributed by atoms with Crippen molar-refractivity contribution in [2.75, 3.05) is 38.2 Å². The minimum Gasteiger partial charge on any atom is -0.496 e. The fourth-order valence-corrected chi connectivity index (χ4v) is 5.11. The first kappa shape index (κ1) is 22.9. The van der Waals surface area contributed by atoms with Crippen LogP contribution in [0.5, 0.6) is 5.75 Å². The number of ether oxygens (including phenoxy) is 1. The quantitative estimate of drug-likeness (QED) is 0.395. The van der Waals surface area contributed by atoms with Crippen molar-refractivity contribution < 1.29 is 4.74 Å². The van der Waals surface area contributed by atoms with Crippen molar-refractivity contribution >= 4 is 34.1 Å². The normalized spacial score (nSPS) is 14.9. The zero-order valence-electron chi connectivity index (χ0n) is 20.3. The predicted octanol–water partition coefficient (Wildman–Crippen LogP) is 4.83. The van der Waals surface area contributed by atoms with Gasteiger partial charge in [0.25, 0.3) is 0 Å². The lowest BCUT2D eigenvalue weighted by Gasteiger charge is -2.36. The Labute approximate surface area is 205 Å².